The van der Waals surface area contributed by atoms with E-state index in [1.165, 1.54) is 12.3 Å². The third kappa shape index (κ3) is 5.98. The Morgan fingerprint density at radius 3 is 2.53 bits per heavy atom. The molecule has 2 N–H and O–H groups in total. The van der Waals surface area contributed by atoms with Crippen LogP contribution < -0.4 is 20.1 Å². The van der Waals surface area contributed by atoms with E-state index in [-0.39, 0.29) is 35.3 Å². The highest BCUT2D eigenvalue weighted by atomic mass is 35.5. The Morgan fingerprint density at radius 1 is 1.03 bits per heavy atom. The van der Waals surface area contributed by atoms with Gasteiger partial charge in [-0.1, -0.05) is 41.9 Å². The van der Waals surface area contributed by atoms with Crippen LogP contribution in [-0.4, -0.2) is 31.0 Å². The number of benzene rings is 2. The van der Waals surface area contributed by atoms with E-state index >= 15 is 0 Å². The Labute approximate surface area is 191 Å². The lowest BCUT2D eigenvalue weighted by Crippen LogP contribution is -2.25. The molecule has 3 aromatic rings. The van der Waals surface area contributed by atoms with Crippen molar-refractivity contribution in [3.63, 3.8) is 0 Å². The molecule has 3 rings (SSSR count). The number of aromatic nitrogens is 1. The molecule has 1 aromatic heterocycles. The smallest absolute Gasteiger partial charge is 0.253 e. The molecule has 0 unspecified atom stereocenters. The molecule has 0 saturated heterocycles. The van der Waals surface area contributed by atoms with Gasteiger partial charge in [0, 0.05) is 30.8 Å². The van der Waals surface area contributed by atoms with Crippen molar-refractivity contribution < 1.29 is 19.1 Å². The number of nitrogens with one attached hydrogen (secondary N) is 2. The van der Waals surface area contributed by atoms with Crippen LogP contribution in [0.5, 0.6) is 11.5 Å². The molecular weight excluding hydrogens is 430 g/mol. The van der Waals surface area contributed by atoms with Crippen molar-refractivity contribution in [1.82, 2.24) is 10.3 Å². The van der Waals surface area contributed by atoms with E-state index in [0.717, 1.165) is 11.1 Å². The summed E-state index contributed by atoms with van der Waals surface area (Å²) in [5.74, 6) is 0.588. The third-order valence-corrected chi connectivity index (χ3v) is 5.12. The summed E-state index contributed by atoms with van der Waals surface area (Å²) in [7, 11) is 3.12. The first-order valence-electron chi connectivity index (χ1n) is 9.99. The molecule has 2 aromatic carbocycles. The van der Waals surface area contributed by atoms with Crippen LogP contribution in [0.2, 0.25) is 5.15 Å². The Hall–Kier alpha value is -3.58. The van der Waals surface area contributed by atoms with Gasteiger partial charge in [0.2, 0.25) is 5.91 Å². The van der Waals surface area contributed by atoms with Crippen LogP contribution >= 0.6 is 11.6 Å². The minimum absolute atomic E-state index is 0.0488. The van der Waals surface area contributed by atoms with Gasteiger partial charge in [0.1, 0.15) is 11.5 Å². The highest BCUT2D eigenvalue weighted by Crippen LogP contribution is 2.26. The second kappa shape index (κ2) is 11.2. The van der Waals surface area contributed by atoms with Crippen LogP contribution in [0.3, 0.4) is 0 Å². The van der Waals surface area contributed by atoms with Crippen LogP contribution in [0.1, 0.15) is 27.9 Å². The highest BCUT2D eigenvalue weighted by Gasteiger charge is 2.18. The summed E-state index contributed by atoms with van der Waals surface area (Å²) < 4.78 is 10.6. The minimum atomic E-state index is -0.398. The van der Waals surface area contributed by atoms with E-state index < -0.39 is 5.91 Å². The van der Waals surface area contributed by atoms with Crippen molar-refractivity contribution in [2.45, 2.75) is 19.4 Å². The molecular formula is C24H24ClN3O4. The fraction of sp³-hybridized carbons (Fsp3) is 0.208. The van der Waals surface area contributed by atoms with Gasteiger partial charge in [0.15, 0.2) is 5.15 Å². The van der Waals surface area contributed by atoms with E-state index in [2.05, 4.69) is 15.6 Å². The van der Waals surface area contributed by atoms with Crippen molar-refractivity contribution in [1.29, 1.82) is 0 Å². The molecule has 166 valence electrons. The number of anilines is 1. The summed E-state index contributed by atoms with van der Waals surface area (Å²) in [5.41, 5.74) is 2.23. The third-order valence-electron chi connectivity index (χ3n) is 4.83. The fourth-order valence-corrected chi connectivity index (χ4v) is 3.32. The number of pyridine rings is 1. The standard InChI is InChI=1S/C24H24ClN3O4/c1-31-18-10-9-17(20(14-18)32-2)15-27-24(30)19-12-13-26-23(25)22(19)28-21(29)11-8-16-6-4-3-5-7-16/h3-7,9-10,12-14H,8,11,15H2,1-2H3,(H,27,30)(H,28,29). The number of nitrogens with zero attached hydrogens (tertiary/aromatic N) is 1. The van der Waals surface area contributed by atoms with Gasteiger partial charge in [0.05, 0.1) is 25.5 Å². The lowest BCUT2D eigenvalue weighted by Gasteiger charge is -2.14. The number of halogens is 1. The largest absolute Gasteiger partial charge is 0.497 e. The Balaban J connectivity index is 1.68. The van der Waals surface area contributed by atoms with Gasteiger partial charge in [-0.05, 0) is 30.2 Å². The molecule has 0 spiro atoms. The van der Waals surface area contributed by atoms with E-state index in [0.29, 0.717) is 17.9 Å². The SMILES string of the molecule is COc1ccc(CNC(=O)c2ccnc(Cl)c2NC(=O)CCc2ccccc2)c(OC)c1. The topological polar surface area (TPSA) is 89.5 Å². The van der Waals surface area contributed by atoms with Gasteiger partial charge in [-0.25, -0.2) is 4.98 Å². The van der Waals surface area contributed by atoms with Gasteiger partial charge < -0.3 is 20.1 Å². The predicted molar refractivity (Wildman–Crippen MR) is 123 cm³/mol. The molecule has 0 atom stereocenters. The first-order chi connectivity index (χ1) is 15.5. The van der Waals surface area contributed by atoms with Crippen LogP contribution in [0.4, 0.5) is 5.69 Å². The molecule has 2 amide bonds. The Kier molecular flexibility index (Phi) is 8.05. The average Bonchev–Trinajstić information content (AvgIpc) is 2.83. The molecule has 0 aliphatic rings. The quantitative estimate of drug-likeness (QED) is 0.473. The fourth-order valence-electron chi connectivity index (χ4n) is 3.12. The molecule has 8 heteroatoms. The lowest BCUT2D eigenvalue weighted by molar-refractivity contribution is -0.116. The zero-order valence-electron chi connectivity index (χ0n) is 17.9. The molecule has 1 heterocycles. The monoisotopic (exact) mass is 453 g/mol. The number of hydrogen-bond acceptors (Lipinski definition) is 5. The summed E-state index contributed by atoms with van der Waals surface area (Å²) in [4.78, 5) is 29.3. The van der Waals surface area contributed by atoms with Gasteiger partial charge in [0.25, 0.3) is 5.91 Å². The lowest BCUT2D eigenvalue weighted by atomic mass is 10.1. The molecule has 0 aliphatic heterocycles. The molecule has 32 heavy (non-hydrogen) atoms. The van der Waals surface area contributed by atoms with Gasteiger partial charge in [-0.2, -0.15) is 0 Å². The highest BCUT2D eigenvalue weighted by molar-refractivity contribution is 6.33. The van der Waals surface area contributed by atoms with Crippen LogP contribution in [0, 0.1) is 0 Å². The van der Waals surface area contributed by atoms with Crippen LogP contribution in [0.25, 0.3) is 0 Å². The number of rotatable bonds is 9. The number of ether oxygens (including phenoxy) is 2. The zero-order chi connectivity index (χ0) is 22.9. The number of methoxy groups -OCH3 is 2. The first kappa shape index (κ1) is 23.1. The molecule has 0 saturated carbocycles. The number of amides is 2. The molecule has 7 nitrogen and oxygen atoms in total. The summed E-state index contributed by atoms with van der Waals surface area (Å²) in [6, 6.07) is 16.5. The number of aryl methyl sites for hydroxylation is 1. The number of carbonyl (C=O) groups excluding carboxylic acids is 2. The predicted octanol–water partition coefficient (Wildman–Crippen LogP) is 4.25. The summed E-state index contributed by atoms with van der Waals surface area (Å²) >= 11 is 6.19. The molecule has 0 fully saturated rings. The van der Waals surface area contributed by atoms with E-state index in [1.807, 2.05) is 36.4 Å². The van der Waals surface area contributed by atoms with Crippen LogP contribution in [-0.2, 0) is 17.8 Å². The van der Waals surface area contributed by atoms with E-state index in [9.17, 15) is 9.59 Å². The molecule has 0 aliphatic carbocycles. The average molecular weight is 454 g/mol. The van der Waals surface area contributed by atoms with Gasteiger partial charge >= 0.3 is 0 Å². The van der Waals surface area contributed by atoms with Gasteiger partial charge in [-0.15, -0.1) is 0 Å². The van der Waals surface area contributed by atoms with Crippen molar-refractivity contribution in [2.24, 2.45) is 0 Å². The van der Waals surface area contributed by atoms with Crippen molar-refractivity contribution in [3.8, 4) is 11.5 Å². The maximum atomic E-state index is 12.9. The normalized spacial score (nSPS) is 10.3. The number of carbonyl (C=O) groups is 2. The molecule has 0 radical (unpaired) electrons. The maximum absolute atomic E-state index is 12.9. The summed E-state index contributed by atoms with van der Waals surface area (Å²) in [6.45, 7) is 0.216. The van der Waals surface area contributed by atoms with Crippen molar-refractivity contribution >= 4 is 29.1 Å². The minimum Gasteiger partial charge on any atom is -0.497 e. The maximum Gasteiger partial charge on any atom is 0.253 e. The first-order valence-corrected chi connectivity index (χ1v) is 10.4. The Bertz CT molecular complexity index is 1090. The summed E-state index contributed by atoms with van der Waals surface area (Å²) in [5, 5.41) is 5.61. The zero-order valence-corrected chi connectivity index (χ0v) is 18.6. The van der Waals surface area contributed by atoms with Crippen molar-refractivity contribution in [2.75, 3.05) is 19.5 Å². The molecule has 0 bridgehead atoms. The number of hydrogen-bond donors (Lipinski definition) is 2. The summed E-state index contributed by atoms with van der Waals surface area (Å²) in [6.07, 6.45) is 2.24. The second-order valence-electron chi connectivity index (χ2n) is 6.92. The van der Waals surface area contributed by atoms with E-state index in [4.69, 9.17) is 21.1 Å². The second-order valence-corrected chi connectivity index (χ2v) is 7.28. The van der Waals surface area contributed by atoms with E-state index in [1.54, 1.807) is 26.4 Å². The Morgan fingerprint density at radius 2 is 1.81 bits per heavy atom. The van der Waals surface area contributed by atoms with Crippen LogP contribution in [0.15, 0.2) is 60.8 Å². The van der Waals surface area contributed by atoms with Gasteiger partial charge in [-0.3, -0.25) is 9.59 Å². The van der Waals surface area contributed by atoms with Crippen molar-refractivity contribution in [3.05, 3.63) is 82.6 Å².